The van der Waals surface area contributed by atoms with Crippen LogP contribution in [0.15, 0.2) is 23.2 Å². The lowest BCUT2D eigenvalue weighted by atomic mass is 9.91. The van der Waals surface area contributed by atoms with Gasteiger partial charge in [-0.25, -0.2) is 0 Å². The van der Waals surface area contributed by atoms with Gasteiger partial charge >= 0.3 is 0 Å². The second-order valence-corrected chi connectivity index (χ2v) is 3.55. The first-order valence-corrected chi connectivity index (χ1v) is 5.00. The number of nitrogens with zero attached hydrogens (tertiary/aromatic N) is 1. The molecule has 0 bridgehead atoms. The third kappa shape index (κ3) is 1.85. The van der Waals surface area contributed by atoms with Crippen LogP contribution in [-0.2, 0) is 12.8 Å². The Bertz CT molecular complexity index is 364. The first-order valence-electron chi connectivity index (χ1n) is 4.60. The Balaban J connectivity index is 2.40. The van der Waals surface area contributed by atoms with Crippen molar-refractivity contribution in [2.24, 2.45) is 4.99 Å². The molecule has 66 valence electrons. The first-order chi connectivity index (χ1) is 6.40. The lowest BCUT2D eigenvalue weighted by Gasteiger charge is -2.14. The molecule has 1 aromatic carbocycles. The smallest absolute Gasteiger partial charge is 0.0742 e. The van der Waals surface area contributed by atoms with Crippen molar-refractivity contribution in [2.45, 2.75) is 25.7 Å². The summed E-state index contributed by atoms with van der Waals surface area (Å²) >= 11 is 4.57. The van der Waals surface area contributed by atoms with Gasteiger partial charge in [0.15, 0.2) is 0 Å². The Morgan fingerprint density at radius 2 is 1.92 bits per heavy atom. The van der Waals surface area contributed by atoms with E-state index >= 15 is 0 Å². The van der Waals surface area contributed by atoms with Crippen molar-refractivity contribution < 1.29 is 0 Å². The van der Waals surface area contributed by atoms with Gasteiger partial charge in [-0.05, 0) is 61.2 Å². The van der Waals surface area contributed by atoms with Crippen LogP contribution < -0.4 is 0 Å². The number of thiocarbonyl (C=S) groups is 1. The van der Waals surface area contributed by atoms with E-state index in [1.807, 2.05) is 6.07 Å². The van der Waals surface area contributed by atoms with Gasteiger partial charge in [0.1, 0.15) is 0 Å². The molecule has 1 aliphatic rings. The number of isothiocyanates is 1. The molecule has 0 fully saturated rings. The molecule has 2 rings (SSSR count). The molecule has 0 radical (unpaired) electrons. The zero-order valence-electron chi connectivity index (χ0n) is 7.42. The molecule has 0 aromatic heterocycles. The van der Waals surface area contributed by atoms with Crippen LogP contribution in [0.2, 0.25) is 0 Å². The zero-order valence-corrected chi connectivity index (χ0v) is 8.23. The fourth-order valence-electron chi connectivity index (χ4n) is 1.84. The van der Waals surface area contributed by atoms with Crippen molar-refractivity contribution >= 4 is 23.1 Å². The van der Waals surface area contributed by atoms with Crippen molar-refractivity contribution in [3.05, 3.63) is 29.3 Å². The number of benzene rings is 1. The van der Waals surface area contributed by atoms with Crippen LogP contribution in [-0.4, -0.2) is 5.16 Å². The molecule has 1 aromatic rings. The van der Waals surface area contributed by atoms with Crippen LogP contribution >= 0.6 is 12.2 Å². The summed E-state index contributed by atoms with van der Waals surface area (Å²) < 4.78 is 0. The SMILES string of the molecule is S=C=Nc1ccc2c(c1)CCCC2. The van der Waals surface area contributed by atoms with Gasteiger partial charge in [0.25, 0.3) is 0 Å². The first kappa shape index (κ1) is 8.61. The molecule has 0 heterocycles. The van der Waals surface area contributed by atoms with Crippen molar-refractivity contribution in [1.29, 1.82) is 0 Å². The minimum atomic E-state index is 0.940. The van der Waals surface area contributed by atoms with Crippen LogP contribution in [0.4, 0.5) is 5.69 Å². The van der Waals surface area contributed by atoms with Crippen LogP contribution in [0.1, 0.15) is 24.0 Å². The molecule has 0 amide bonds. The van der Waals surface area contributed by atoms with E-state index in [1.54, 1.807) is 0 Å². The summed E-state index contributed by atoms with van der Waals surface area (Å²) in [5.74, 6) is 0. The predicted octanol–water partition coefficient (Wildman–Crippen LogP) is 3.30. The largest absolute Gasteiger partial charge is 0.195 e. The van der Waals surface area contributed by atoms with E-state index < -0.39 is 0 Å². The second-order valence-electron chi connectivity index (χ2n) is 3.36. The average Bonchev–Trinajstić information content (AvgIpc) is 2.18. The standard InChI is InChI=1S/C11H11NS/c13-8-12-11-6-5-9-3-1-2-4-10(9)7-11/h5-7H,1-4H2. The molecular weight excluding hydrogens is 178 g/mol. The maximum atomic E-state index is 4.57. The zero-order chi connectivity index (χ0) is 9.10. The van der Waals surface area contributed by atoms with Crippen LogP contribution in [0.3, 0.4) is 0 Å². The minimum Gasteiger partial charge on any atom is -0.195 e. The Hall–Kier alpha value is -0.980. The van der Waals surface area contributed by atoms with Crippen molar-refractivity contribution in [3.63, 3.8) is 0 Å². The van der Waals surface area contributed by atoms with Crippen molar-refractivity contribution in [2.75, 3.05) is 0 Å². The highest BCUT2D eigenvalue weighted by atomic mass is 32.1. The van der Waals surface area contributed by atoms with E-state index in [2.05, 4.69) is 34.5 Å². The Labute approximate surface area is 83.5 Å². The highest BCUT2D eigenvalue weighted by Gasteiger charge is 2.08. The van der Waals surface area contributed by atoms with Gasteiger partial charge in [-0.15, -0.1) is 0 Å². The Morgan fingerprint density at radius 1 is 1.15 bits per heavy atom. The highest BCUT2D eigenvalue weighted by molar-refractivity contribution is 7.78. The minimum absolute atomic E-state index is 0.940. The lowest BCUT2D eigenvalue weighted by Crippen LogP contribution is -2.01. The van der Waals surface area contributed by atoms with Gasteiger partial charge in [-0.3, -0.25) is 0 Å². The fourth-order valence-corrected chi connectivity index (χ4v) is 1.95. The van der Waals surface area contributed by atoms with E-state index in [0.29, 0.717) is 0 Å². The summed E-state index contributed by atoms with van der Waals surface area (Å²) in [6.45, 7) is 0. The highest BCUT2D eigenvalue weighted by Crippen LogP contribution is 2.25. The molecule has 0 unspecified atom stereocenters. The van der Waals surface area contributed by atoms with E-state index in [1.165, 1.54) is 36.8 Å². The van der Waals surface area contributed by atoms with E-state index in [-0.39, 0.29) is 0 Å². The maximum absolute atomic E-state index is 4.57. The molecule has 1 aliphatic carbocycles. The Morgan fingerprint density at radius 3 is 2.69 bits per heavy atom. The monoisotopic (exact) mass is 189 g/mol. The lowest BCUT2D eigenvalue weighted by molar-refractivity contribution is 0.686. The number of hydrogen-bond acceptors (Lipinski definition) is 2. The second kappa shape index (κ2) is 3.82. The number of fused-ring (bicyclic) bond motifs is 1. The van der Waals surface area contributed by atoms with Gasteiger partial charge in [-0.2, -0.15) is 4.99 Å². The number of hydrogen-bond donors (Lipinski definition) is 0. The Kier molecular flexibility index (Phi) is 2.53. The molecule has 0 N–H and O–H groups in total. The summed E-state index contributed by atoms with van der Waals surface area (Å²) in [7, 11) is 0. The van der Waals surface area contributed by atoms with Crippen molar-refractivity contribution in [3.8, 4) is 0 Å². The third-order valence-corrected chi connectivity index (χ3v) is 2.60. The van der Waals surface area contributed by atoms with Crippen LogP contribution in [0.5, 0.6) is 0 Å². The van der Waals surface area contributed by atoms with Crippen LogP contribution in [0, 0.1) is 0 Å². The normalized spacial score (nSPS) is 14.5. The third-order valence-electron chi connectivity index (χ3n) is 2.51. The van der Waals surface area contributed by atoms with E-state index in [0.717, 1.165) is 5.69 Å². The molecule has 13 heavy (non-hydrogen) atoms. The van der Waals surface area contributed by atoms with Gasteiger partial charge in [0.05, 0.1) is 10.8 Å². The topological polar surface area (TPSA) is 12.4 Å². The quantitative estimate of drug-likeness (QED) is 0.487. The van der Waals surface area contributed by atoms with Gasteiger partial charge < -0.3 is 0 Å². The molecule has 0 spiro atoms. The molecule has 1 nitrogen and oxygen atoms in total. The van der Waals surface area contributed by atoms with Gasteiger partial charge in [0.2, 0.25) is 0 Å². The summed E-state index contributed by atoms with van der Waals surface area (Å²) in [5.41, 5.74) is 3.86. The number of rotatable bonds is 1. The summed E-state index contributed by atoms with van der Waals surface area (Å²) in [4.78, 5) is 3.98. The van der Waals surface area contributed by atoms with E-state index in [4.69, 9.17) is 0 Å². The van der Waals surface area contributed by atoms with Crippen molar-refractivity contribution in [1.82, 2.24) is 0 Å². The van der Waals surface area contributed by atoms with E-state index in [9.17, 15) is 0 Å². The fraction of sp³-hybridized carbons (Fsp3) is 0.364. The molecule has 0 atom stereocenters. The summed E-state index contributed by atoms with van der Waals surface area (Å²) in [6, 6.07) is 6.32. The molecule has 0 saturated carbocycles. The van der Waals surface area contributed by atoms with Crippen LogP contribution in [0.25, 0.3) is 0 Å². The maximum Gasteiger partial charge on any atom is 0.0742 e. The molecule has 0 saturated heterocycles. The number of aliphatic imine (C=N–C) groups is 1. The molecule has 0 aliphatic heterocycles. The summed E-state index contributed by atoms with van der Waals surface area (Å²) in [5, 5.41) is 2.40. The average molecular weight is 189 g/mol. The van der Waals surface area contributed by atoms with Gasteiger partial charge in [0, 0.05) is 0 Å². The summed E-state index contributed by atoms with van der Waals surface area (Å²) in [6.07, 6.45) is 5.04. The number of aryl methyl sites for hydroxylation is 2. The molecule has 2 heteroatoms. The molecular formula is C11H11NS. The van der Waals surface area contributed by atoms with Gasteiger partial charge in [-0.1, -0.05) is 6.07 Å². The predicted molar refractivity (Wildman–Crippen MR) is 57.8 cm³/mol.